The maximum atomic E-state index is 13.0. The molecule has 0 radical (unpaired) electrons. The molecule has 3 aromatic rings. The van der Waals surface area contributed by atoms with Crippen molar-refractivity contribution in [1.82, 2.24) is 9.88 Å². The van der Waals surface area contributed by atoms with Crippen molar-refractivity contribution in [2.75, 3.05) is 32.7 Å². The summed E-state index contributed by atoms with van der Waals surface area (Å²) in [6.45, 7) is 0.756. The first-order valence-corrected chi connectivity index (χ1v) is 10.1. The number of amides is 2. The van der Waals surface area contributed by atoms with Crippen LogP contribution in [0.5, 0.6) is 5.75 Å². The highest BCUT2D eigenvalue weighted by Gasteiger charge is 2.18. The van der Waals surface area contributed by atoms with Gasteiger partial charge in [0.05, 0.1) is 40.7 Å². The van der Waals surface area contributed by atoms with E-state index in [1.807, 2.05) is 29.1 Å². The van der Waals surface area contributed by atoms with Gasteiger partial charge in [0.15, 0.2) is 0 Å². The van der Waals surface area contributed by atoms with Crippen LogP contribution in [0.25, 0.3) is 5.69 Å². The monoisotopic (exact) mass is 461 g/mol. The Kier molecular flexibility index (Phi) is 7.57. The van der Waals surface area contributed by atoms with Crippen LogP contribution in [0.4, 0.5) is 5.69 Å². The lowest BCUT2D eigenvalue weighted by Crippen LogP contribution is -2.27. The number of rotatable bonds is 8. The Hall–Kier alpha value is -3.00. The predicted octanol–water partition coefficient (Wildman–Crippen LogP) is 4.42. The molecule has 0 bridgehead atoms. The van der Waals surface area contributed by atoms with E-state index in [0.29, 0.717) is 40.9 Å². The smallest absolute Gasteiger partial charge is 0.259 e. The molecule has 0 unspecified atom stereocenters. The third-order valence-corrected chi connectivity index (χ3v) is 5.10. The van der Waals surface area contributed by atoms with E-state index >= 15 is 0 Å². The lowest BCUT2D eigenvalue weighted by Gasteiger charge is -2.14. The molecule has 0 aliphatic heterocycles. The minimum atomic E-state index is -0.475. The van der Waals surface area contributed by atoms with E-state index in [9.17, 15) is 9.59 Å². The largest absolute Gasteiger partial charge is 0.496 e. The van der Waals surface area contributed by atoms with Crippen LogP contribution >= 0.6 is 23.2 Å². The number of benzene rings is 2. The number of carbonyl (C=O) groups is 2. The van der Waals surface area contributed by atoms with Crippen molar-refractivity contribution in [3.63, 3.8) is 0 Å². The molecule has 9 heteroatoms. The summed E-state index contributed by atoms with van der Waals surface area (Å²) in [4.78, 5) is 25.2. The zero-order chi connectivity index (χ0) is 22.4. The predicted molar refractivity (Wildman–Crippen MR) is 121 cm³/mol. The Labute approximate surface area is 189 Å². The Morgan fingerprint density at radius 2 is 1.74 bits per heavy atom. The van der Waals surface area contributed by atoms with E-state index in [1.54, 1.807) is 25.3 Å². The summed E-state index contributed by atoms with van der Waals surface area (Å²) in [5.74, 6) is -0.437. The average molecular weight is 462 g/mol. The van der Waals surface area contributed by atoms with Crippen molar-refractivity contribution in [2.24, 2.45) is 0 Å². The van der Waals surface area contributed by atoms with E-state index in [4.69, 9.17) is 32.7 Å². The summed E-state index contributed by atoms with van der Waals surface area (Å²) in [5, 5.41) is 6.10. The van der Waals surface area contributed by atoms with Gasteiger partial charge in [-0.2, -0.15) is 0 Å². The summed E-state index contributed by atoms with van der Waals surface area (Å²) in [7, 11) is 3.02. The molecule has 7 nitrogen and oxygen atoms in total. The van der Waals surface area contributed by atoms with Gasteiger partial charge in [0.25, 0.3) is 11.8 Å². The summed E-state index contributed by atoms with van der Waals surface area (Å²) in [5.41, 5.74) is 1.55. The zero-order valence-corrected chi connectivity index (χ0v) is 18.5. The SMILES string of the molecule is COCCNC(=O)c1ccc(Cl)c(NC(=O)c2cc(Cl)c(-n3cccc3)cc2OC)c1. The van der Waals surface area contributed by atoms with Crippen molar-refractivity contribution < 1.29 is 19.1 Å². The van der Waals surface area contributed by atoms with Gasteiger partial charge in [-0.05, 0) is 36.4 Å². The topological polar surface area (TPSA) is 81.6 Å². The highest BCUT2D eigenvalue weighted by Crippen LogP contribution is 2.31. The number of aromatic nitrogens is 1. The molecule has 31 heavy (non-hydrogen) atoms. The fourth-order valence-corrected chi connectivity index (χ4v) is 3.33. The molecule has 1 aromatic heterocycles. The molecule has 0 saturated heterocycles. The molecule has 2 amide bonds. The molecule has 0 aliphatic rings. The van der Waals surface area contributed by atoms with Crippen LogP contribution in [0, 0.1) is 0 Å². The van der Waals surface area contributed by atoms with Gasteiger partial charge in [0.1, 0.15) is 5.75 Å². The Balaban J connectivity index is 1.85. The molecule has 0 aliphatic carbocycles. The molecule has 162 valence electrons. The number of hydrogen-bond acceptors (Lipinski definition) is 4. The summed E-state index contributed by atoms with van der Waals surface area (Å²) < 4.78 is 12.1. The van der Waals surface area contributed by atoms with Gasteiger partial charge >= 0.3 is 0 Å². The first-order chi connectivity index (χ1) is 14.9. The van der Waals surface area contributed by atoms with E-state index < -0.39 is 5.91 Å². The van der Waals surface area contributed by atoms with Crippen molar-refractivity contribution in [2.45, 2.75) is 0 Å². The second-order valence-electron chi connectivity index (χ2n) is 6.49. The third-order valence-electron chi connectivity index (χ3n) is 4.46. The van der Waals surface area contributed by atoms with Crippen LogP contribution in [-0.4, -0.2) is 43.8 Å². The first kappa shape index (κ1) is 22.7. The molecule has 2 N–H and O–H groups in total. The van der Waals surface area contributed by atoms with Crippen LogP contribution in [-0.2, 0) is 4.74 Å². The first-order valence-electron chi connectivity index (χ1n) is 9.33. The van der Waals surface area contributed by atoms with Gasteiger partial charge in [-0.15, -0.1) is 0 Å². The van der Waals surface area contributed by atoms with Crippen LogP contribution < -0.4 is 15.4 Å². The van der Waals surface area contributed by atoms with E-state index in [2.05, 4.69) is 10.6 Å². The molecule has 0 atom stereocenters. The van der Waals surface area contributed by atoms with E-state index in [-0.39, 0.29) is 16.5 Å². The summed E-state index contributed by atoms with van der Waals surface area (Å²) in [6, 6.07) is 11.6. The number of carbonyl (C=O) groups excluding carboxylic acids is 2. The average Bonchev–Trinajstić information content (AvgIpc) is 3.29. The molecule has 0 fully saturated rings. The Bertz CT molecular complexity index is 1080. The summed E-state index contributed by atoms with van der Waals surface area (Å²) >= 11 is 12.6. The quantitative estimate of drug-likeness (QED) is 0.486. The Morgan fingerprint density at radius 3 is 2.42 bits per heavy atom. The number of nitrogens with zero attached hydrogens (tertiary/aromatic N) is 1. The van der Waals surface area contributed by atoms with Gasteiger partial charge in [0, 0.05) is 37.7 Å². The third kappa shape index (κ3) is 5.38. The van der Waals surface area contributed by atoms with Gasteiger partial charge in [-0.3, -0.25) is 9.59 Å². The molecule has 3 rings (SSSR count). The standard InChI is InChI=1S/C22H21Cl2N3O4/c1-30-10-7-25-21(28)14-5-6-16(23)18(11-14)26-22(29)15-12-17(24)19(13-20(15)31-2)27-8-3-4-9-27/h3-6,8-9,11-13H,7,10H2,1-2H3,(H,25,28)(H,26,29). The fourth-order valence-electron chi connectivity index (χ4n) is 2.90. The van der Waals surface area contributed by atoms with Crippen LogP contribution in [0.3, 0.4) is 0 Å². The number of hydrogen-bond donors (Lipinski definition) is 2. The van der Waals surface area contributed by atoms with E-state index in [1.165, 1.54) is 19.2 Å². The molecule has 0 saturated carbocycles. The lowest BCUT2D eigenvalue weighted by atomic mass is 10.1. The van der Waals surface area contributed by atoms with Crippen molar-refractivity contribution in [1.29, 1.82) is 0 Å². The maximum Gasteiger partial charge on any atom is 0.259 e. The number of ether oxygens (including phenoxy) is 2. The minimum Gasteiger partial charge on any atom is -0.496 e. The molecule has 2 aromatic carbocycles. The number of nitrogens with one attached hydrogen (secondary N) is 2. The van der Waals surface area contributed by atoms with Crippen molar-refractivity contribution in [3.05, 3.63) is 76.0 Å². The normalized spacial score (nSPS) is 10.6. The minimum absolute atomic E-state index is 0.231. The lowest BCUT2D eigenvalue weighted by molar-refractivity contribution is 0.0936. The molecular weight excluding hydrogens is 441 g/mol. The highest BCUT2D eigenvalue weighted by molar-refractivity contribution is 6.34. The van der Waals surface area contributed by atoms with Crippen LogP contribution in [0.15, 0.2) is 54.9 Å². The van der Waals surface area contributed by atoms with Gasteiger partial charge in [0.2, 0.25) is 0 Å². The second-order valence-corrected chi connectivity index (χ2v) is 7.31. The maximum absolute atomic E-state index is 13.0. The van der Waals surface area contributed by atoms with Gasteiger partial charge in [-0.1, -0.05) is 23.2 Å². The molecule has 0 spiro atoms. The van der Waals surface area contributed by atoms with Crippen molar-refractivity contribution >= 4 is 40.7 Å². The van der Waals surface area contributed by atoms with Gasteiger partial charge < -0.3 is 24.7 Å². The van der Waals surface area contributed by atoms with Crippen LogP contribution in [0.2, 0.25) is 10.0 Å². The number of halogens is 2. The van der Waals surface area contributed by atoms with E-state index in [0.717, 1.165) is 0 Å². The summed E-state index contributed by atoms with van der Waals surface area (Å²) in [6.07, 6.45) is 3.67. The fraction of sp³-hybridized carbons (Fsp3) is 0.182. The molecular formula is C22H21Cl2N3O4. The number of methoxy groups -OCH3 is 2. The van der Waals surface area contributed by atoms with Crippen LogP contribution in [0.1, 0.15) is 20.7 Å². The van der Waals surface area contributed by atoms with Gasteiger partial charge in [-0.25, -0.2) is 0 Å². The highest BCUT2D eigenvalue weighted by atomic mass is 35.5. The zero-order valence-electron chi connectivity index (χ0n) is 16.9. The van der Waals surface area contributed by atoms with Crippen molar-refractivity contribution in [3.8, 4) is 11.4 Å². The Morgan fingerprint density at radius 1 is 1.00 bits per heavy atom. The molecule has 1 heterocycles. The number of anilines is 1. The second kappa shape index (κ2) is 10.3.